The maximum atomic E-state index is 4.54. The molecule has 6 nitrogen and oxygen atoms in total. The van der Waals surface area contributed by atoms with Gasteiger partial charge in [0.2, 0.25) is 0 Å². The third-order valence-corrected chi connectivity index (χ3v) is 2.70. The molecule has 0 radical (unpaired) electrons. The van der Waals surface area contributed by atoms with E-state index in [9.17, 15) is 0 Å². The van der Waals surface area contributed by atoms with Gasteiger partial charge in [-0.15, -0.1) is 0 Å². The molecule has 18 heavy (non-hydrogen) atoms. The van der Waals surface area contributed by atoms with Crippen molar-refractivity contribution in [2.24, 2.45) is 0 Å². The largest absolute Gasteiger partial charge is 0.370 e. The van der Waals surface area contributed by atoms with Gasteiger partial charge in [-0.3, -0.25) is 0 Å². The lowest BCUT2D eigenvalue weighted by Gasteiger charge is -2.15. The van der Waals surface area contributed by atoms with E-state index in [-0.39, 0.29) is 0 Å². The van der Waals surface area contributed by atoms with Gasteiger partial charge in [0.25, 0.3) is 0 Å². The number of aromatic nitrogens is 5. The van der Waals surface area contributed by atoms with Crippen molar-refractivity contribution in [3.8, 4) is 11.5 Å². The van der Waals surface area contributed by atoms with Gasteiger partial charge in [0, 0.05) is 17.8 Å². The number of nitrogens with zero attached hydrogens (tertiary/aromatic N) is 4. The third kappa shape index (κ3) is 2.32. The van der Waals surface area contributed by atoms with Gasteiger partial charge in [-0.25, -0.2) is 9.97 Å². The second kappa shape index (κ2) is 5.12. The Balaban J connectivity index is 2.53. The number of hydrogen-bond donors (Lipinski definition) is 2. The number of H-pyrrole nitrogens is 1. The summed E-state index contributed by atoms with van der Waals surface area (Å²) >= 11 is 0. The van der Waals surface area contributed by atoms with Gasteiger partial charge < -0.3 is 5.32 Å². The van der Waals surface area contributed by atoms with E-state index < -0.39 is 0 Å². The standard InChI is InChI=1S/C12H18N6/c1-5-13-12-10(7(2)3)8(4)15-11(16-12)9-6-14-18-17-9/h6-7H,5H2,1-4H3,(H,13,15,16)(H,14,17,18). The molecule has 2 aromatic heterocycles. The van der Waals surface area contributed by atoms with E-state index in [4.69, 9.17) is 0 Å². The Morgan fingerprint density at radius 1 is 1.33 bits per heavy atom. The Morgan fingerprint density at radius 2 is 2.11 bits per heavy atom. The Morgan fingerprint density at radius 3 is 2.67 bits per heavy atom. The molecule has 0 aliphatic rings. The molecule has 6 heteroatoms. The van der Waals surface area contributed by atoms with Crippen molar-refractivity contribution in [3.63, 3.8) is 0 Å². The second-order valence-corrected chi connectivity index (χ2v) is 4.44. The Kier molecular flexibility index (Phi) is 3.55. The van der Waals surface area contributed by atoms with Gasteiger partial charge >= 0.3 is 0 Å². The molecule has 96 valence electrons. The molecule has 0 amide bonds. The molecule has 2 heterocycles. The van der Waals surface area contributed by atoms with Crippen LogP contribution in [0.25, 0.3) is 11.5 Å². The quantitative estimate of drug-likeness (QED) is 0.863. The fourth-order valence-corrected chi connectivity index (χ4v) is 2.00. The van der Waals surface area contributed by atoms with Gasteiger partial charge in [-0.2, -0.15) is 15.4 Å². The first-order valence-corrected chi connectivity index (χ1v) is 6.12. The first kappa shape index (κ1) is 12.5. The summed E-state index contributed by atoms with van der Waals surface area (Å²) < 4.78 is 0. The zero-order valence-electron chi connectivity index (χ0n) is 11.2. The van der Waals surface area contributed by atoms with Crippen LogP contribution in [0.5, 0.6) is 0 Å². The van der Waals surface area contributed by atoms with Crippen LogP contribution >= 0.6 is 0 Å². The van der Waals surface area contributed by atoms with Gasteiger partial charge in [-0.1, -0.05) is 13.8 Å². The molecule has 0 aromatic carbocycles. The summed E-state index contributed by atoms with van der Waals surface area (Å²) in [7, 11) is 0. The lowest BCUT2D eigenvalue weighted by Crippen LogP contribution is -2.09. The van der Waals surface area contributed by atoms with Gasteiger partial charge in [-0.05, 0) is 19.8 Å². The van der Waals surface area contributed by atoms with Crippen LogP contribution in [0.15, 0.2) is 6.20 Å². The molecule has 2 N–H and O–H groups in total. The number of rotatable bonds is 4. The summed E-state index contributed by atoms with van der Waals surface area (Å²) in [6, 6.07) is 0. The predicted molar refractivity (Wildman–Crippen MR) is 70.4 cm³/mol. The SMILES string of the molecule is CCNc1nc(-c2cn[nH]n2)nc(C)c1C(C)C. The van der Waals surface area contributed by atoms with Crippen LogP contribution in [0.4, 0.5) is 5.82 Å². The van der Waals surface area contributed by atoms with Crippen molar-refractivity contribution in [2.75, 3.05) is 11.9 Å². The summed E-state index contributed by atoms with van der Waals surface area (Å²) in [4.78, 5) is 9.05. The first-order chi connectivity index (χ1) is 8.63. The zero-order valence-corrected chi connectivity index (χ0v) is 11.2. The number of hydrogen-bond acceptors (Lipinski definition) is 5. The van der Waals surface area contributed by atoms with Crippen LogP contribution in [0.1, 0.15) is 37.9 Å². The van der Waals surface area contributed by atoms with E-state index >= 15 is 0 Å². The third-order valence-electron chi connectivity index (χ3n) is 2.70. The van der Waals surface area contributed by atoms with Crippen molar-refractivity contribution in [1.82, 2.24) is 25.4 Å². The van der Waals surface area contributed by atoms with Crippen LogP contribution in [-0.4, -0.2) is 31.9 Å². The monoisotopic (exact) mass is 246 g/mol. The highest BCUT2D eigenvalue weighted by atomic mass is 15.3. The van der Waals surface area contributed by atoms with Crippen LogP contribution < -0.4 is 5.32 Å². The molecule has 0 saturated heterocycles. The lowest BCUT2D eigenvalue weighted by molar-refractivity contribution is 0.830. The second-order valence-electron chi connectivity index (χ2n) is 4.44. The summed E-state index contributed by atoms with van der Waals surface area (Å²) in [6.45, 7) is 9.16. The van der Waals surface area contributed by atoms with E-state index in [0.717, 1.165) is 23.6 Å². The number of nitrogens with one attached hydrogen (secondary N) is 2. The van der Waals surface area contributed by atoms with Crippen molar-refractivity contribution >= 4 is 5.82 Å². The average molecular weight is 246 g/mol. The van der Waals surface area contributed by atoms with Gasteiger partial charge in [0.15, 0.2) is 5.82 Å². The maximum absolute atomic E-state index is 4.54. The lowest BCUT2D eigenvalue weighted by atomic mass is 10.0. The van der Waals surface area contributed by atoms with Crippen molar-refractivity contribution < 1.29 is 0 Å². The Hall–Kier alpha value is -1.98. The fourth-order valence-electron chi connectivity index (χ4n) is 2.00. The minimum atomic E-state index is 0.380. The summed E-state index contributed by atoms with van der Waals surface area (Å²) in [5.41, 5.74) is 2.80. The topological polar surface area (TPSA) is 79.4 Å². The fraction of sp³-hybridized carbons (Fsp3) is 0.500. The first-order valence-electron chi connectivity index (χ1n) is 6.12. The highest BCUT2D eigenvalue weighted by molar-refractivity contribution is 5.56. The van der Waals surface area contributed by atoms with Crippen LogP contribution in [0, 0.1) is 6.92 Å². The minimum Gasteiger partial charge on any atom is -0.370 e. The molecular formula is C12H18N6. The zero-order chi connectivity index (χ0) is 13.1. The Labute approximate surface area is 106 Å². The molecule has 0 aliphatic carbocycles. The summed E-state index contributed by atoms with van der Waals surface area (Å²) in [5.74, 6) is 1.87. The molecular weight excluding hydrogens is 228 g/mol. The smallest absolute Gasteiger partial charge is 0.184 e. The van der Waals surface area contributed by atoms with Gasteiger partial charge in [0.1, 0.15) is 11.5 Å². The van der Waals surface area contributed by atoms with Gasteiger partial charge in [0.05, 0.1) is 6.20 Å². The summed E-state index contributed by atoms with van der Waals surface area (Å²) in [6.07, 6.45) is 1.62. The van der Waals surface area contributed by atoms with Crippen LogP contribution in [0.3, 0.4) is 0 Å². The number of aryl methyl sites for hydroxylation is 1. The van der Waals surface area contributed by atoms with E-state index in [1.165, 1.54) is 0 Å². The molecule has 0 fully saturated rings. The van der Waals surface area contributed by atoms with E-state index in [1.807, 2.05) is 6.92 Å². The van der Waals surface area contributed by atoms with E-state index in [1.54, 1.807) is 6.20 Å². The normalized spacial score (nSPS) is 10.9. The molecule has 0 saturated carbocycles. The minimum absolute atomic E-state index is 0.380. The molecule has 0 bridgehead atoms. The summed E-state index contributed by atoms with van der Waals surface area (Å²) in [5, 5.41) is 13.7. The number of aromatic amines is 1. The predicted octanol–water partition coefficient (Wildman–Crippen LogP) is 2.13. The molecule has 0 spiro atoms. The van der Waals surface area contributed by atoms with Crippen LogP contribution in [0.2, 0.25) is 0 Å². The van der Waals surface area contributed by atoms with Crippen molar-refractivity contribution in [1.29, 1.82) is 0 Å². The maximum Gasteiger partial charge on any atom is 0.184 e. The highest BCUT2D eigenvalue weighted by Crippen LogP contribution is 2.27. The molecule has 2 rings (SSSR count). The Bertz CT molecular complexity index is 518. The molecule has 0 aliphatic heterocycles. The highest BCUT2D eigenvalue weighted by Gasteiger charge is 2.16. The molecule has 0 unspecified atom stereocenters. The van der Waals surface area contributed by atoms with E-state index in [0.29, 0.717) is 17.4 Å². The van der Waals surface area contributed by atoms with Crippen molar-refractivity contribution in [2.45, 2.75) is 33.6 Å². The van der Waals surface area contributed by atoms with Crippen molar-refractivity contribution in [3.05, 3.63) is 17.5 Å². The molecule has 0 atom stereocenters. The van der Waals surface area contributed by atoms with Crippen LogP contribution in [-0.2, 0) is 0 Å². The number of anilines is 1. The average Bonchev–Trinajstić information content (AvgIpc) is 2.81. The van der Waals surface area contributed by atoms with E-state index in [2.05, 4.69) is 51.5 Å². The molecule has 2 aromatic rings.